The van der Waals surface area contributed by atoms with E-state index >= 15 is 0 Å². The molecule has 0 amide bonds. The first-order valence-corrected chi connectivity index (χ1v) is 10.8. The largest absolute Gasteiger partial charge is 0.384 e. The number of nitrogens with zero attached hydrogens (tertiary/aromatic N) is 1. The third-order valence-corrected chi connectivity index (χ3v) is 6.44. The number of sulfone groups is 1. The molecule has 0 fully saturated rings. The van der Waals surface area contributed by atoms with Crippen LogP contribution < -0.4 is 5.32 Å². The van der Waals surface area contributed by atoms with Crippen molar-refractivity contribution in [3.8, 4) is 0 Å². The Morgan fingerprint density at radius 3 is 2.54 bits per heavy atom. The predicted molar refractivity (Wildman–Crippen MR) is 108 cm³/mol. The molecular weight excluding hydrogens is 368 g/mol. The van der Waals surface area contributed by atoms with E-state index in [0.717, 1.165) is 45.4 Å². The fourth-order valence-electron chi connectivity index (χ4n) is 3.92. The molecule has 2 aliphatic heterocycles. The maximum Gasteiger partial charge on any atom is 0.175 e. The van der Waals surface area contributed by atoms with Gasteiger partial charge in [0, 0.05) is 38.1 Å². The summed E-state index contributed by atoms with van der Waals surface area (Å²) in [6, 6.07) is 12.2. The van der Waals surface area contributed by atoms with Crippen molar-refractivity contribution < 1.29 is 8.42 Å². The van der Waals surface area contributed by atoms with Crippen LogP contribution in [0.5, 0.6) is 0 Å². The zero-order chi connectivity index (χ0) is 17.4. The Bertz CT molecular complexity index is 912. The van der Waals surface area contributed by atoms with Crippen LogP contribution >= 0.6 is 12.4 Å². The van der Waals surface area contributed by atoms with Crippen LogP contribution in [0.3, 0.4) is 0 Å². The topological polar surface area (TPSA) is 49.4 Å². The van der Waals surface area contributed by atoms with Crippen molar-refractivity contribution in [2.75, 3.05) is 31.2 Å². The van der Waals surface area contributed by atoms with E-state index in [-0.39, 0.29) is 12.4 Å². The Balaban J connectivity index is 0.00000196. The molecule has 2 heterocycles. The van der Waals surface area contributed by atoms with Gasteiger partial charge in [0.05, 0.1) is 4.90 Å². The molecule has 0 aromatic heterocycles. The fourth-order valence-corrected chi connectivity index (χ4v) is 4.59. The lowest BCUT2D eigenvalue weighted by molar-refractivity contribution is 0.279. The molecule has 2 aromatic rings. The molecule has 4 nitrogen and oxygen atoms in total. The summed E-state index contributed by atoms with van der Waals surface area (Å²) in [6.45, 7) is 3.95. The summed E-state index contributed by atoms with van der Waals surface area (Å²) < 4.78 is 23.6. The highest BCUT2D eigenvalue weighted by Gasteiger charge is 2.19. The van der Waals surface area contributed by atoms with Gasteiger partial charge in [-0.3, -0.25) is 4.90 Å². The lowest BCUT2D eigenvalue weighted by Crippen LogP contribution is -2.26. The SMILES string of the molecule is CS(=O)(=O)c1ccc2c(c1)CCN(Cc1cccc3c1NCC3)CC2.Cl. The number of nitrogens with one attached hydrogen (secondary N) is 1. The highest BCUT2D eigenvalue weighted by atomic mass is 35.5. The molecular formula is C20H25ClN2O2S. The van der Waals surface area contributed by atoms with Gasteiger partial charge in [0.25, 0.3) is 0 Å². The maximum atomic E-state index is 11.8. The summed E-state index contributed by atoms with van der Waals surface area (Å²) in [5.74, 6) is 0. The van der Waals surface area contributed by atoms with Gasteiger partial charge in [0.1, 0.15) is 0 Å². The molecule has 0 saturated heterocycles. The number of benzene rings is 2. The average molecular weight is 393 g/mol. The van der Waals surface area contributed by atoms with Crippen LogP contribution in [0.1, 0.15) is 22.3 Å². The van der Waals surface area contributed by atoms with Crippen LogP contribution in [0.4, 0.5) is 5.69 Å². The van der Waals surface area contributed by atoms with Gasteiger partial charge in [-0.2, -0.15) is 0 Å². The Labute approximate surface area is 161 Å². The van der Waals surface area contributed by atoms with Crippen molar-refractivity contribution in [3.05, 3.63) is 58.7 Å². The van der Waals surface area contributed by atoms with E-state index in [1.54, 1.807) is 6.07 Å². The number of para-hydroxylation sites is 1. The lowest BCUT2D eigenvalue weighted by Gasteiger charge is -2.21. The summed E-state index contributed by atoms with van der Waals surface area (Å²) >= 11 is 0. The van der Waals surface area contributed by atoms with Crippen LogP contribution in [0, 0.1) is 0 Å². The van der Waals surface area contributed by atoms with Crippen molar-refractivity contribution in [2.24, 2.45) is 0 Å². The molecule has 2 aliphatic rings. The Hall–Kier alpha value is -1.56. The fraction of sp³-hybridized carbons (Fsp3) is 0.400. The monoisotopic (exact) mass is 392 g/mol. The van der Waals surface area contributed by atoms with E-state index in [0.29, 0.717) is 4.90 Å². The predicted octanol–water partition coefficient (Wildman–Crippen LogP) is 3.08. The second-order valence-corrected chi connectivity index (χ2v) is 9.12. The van der Waals surface area contributed by atoms with E-state index in [9.17, 15) is 8.42 Å². The van der Waals surface area contributed by atoms with Crippen LogP contribution in [-0.2, 0) is 35.6 Å². The maximum absolute atomic E-state index is 11.8. The molecule has 4 rings (SSSR count). The van der Waals surface area contributed by atoms with Gasteiger partial charge in [0.2, 0.25) is 0 Å². The smallest absolute Gasteiger partial charge is 0.175 e. The molecule has 2 aromatic carbocycles. The van der Waals surface area contributed by atoms with Crippen molar-refractivity contribution in [2.45, 2.75) is 30.7 Å². The summed E-state index contributed by atoms with van der Waals surface area (Å²) in [5.41, 5.74) is 6.59. The zero-order valence-corrected chi connectivity index (χ0v) is 16.6. The average Bonchev–Trinajstić information content (AvgIpc) is 2.97. The van der Waals surface area contributed by atoms with Gasteiger partial charge in [-0.05, 0) is 53.6 Å². The first-order chi connectivity index (χ1) is 12.0. The molecule has 1 N–H and O–H groups in total. The van der Waals surface area contributed by atoms with Crippen molar-refractivity contribution in [1.29, 1.82) is 0 Å². The number of hydrogen-bond donors (Lipinski definition) is 1. The van der Waals surface area contributed by atoms with E-state index in [1.807, 2.05) is 12.1 Å². The standard InChI is InChI=1S/C20H24N2O2S.ClH/c1-25(23,24)19-6-5-15-8-11-22(12-9-17(15)13-19)14-18-4-2-3-16-7-10-21-20(16)18;/h2-6,13,21H,7-12,14H2,1H3;1H. The molecule has 0 radical (unpaired) electrons. The first kappa shape index (κ1) is 19.2. The van der Waals surface area contributed by atoms with Crippen molar-refractivity contribution >= 4 is 27.9 Å². The summed E-state index contributed by atoms with van der Waals surface area (Å²) in [5, 5.41) is 3.52. The first-order valence-electron chi connectivity index (χ1n) is 8.89. The summed E-state index contributed by atoms with van der Waals surface area (Å²) in [7, 11) is -3.14. The molecule has 0 aliphatic carbocycles. The molecule has 0 spiro atoms. The van der Waals surface area contributed by atoms with E-state index in [2.05, 4.69) is 28.4 Å². The number of anilines is 1. The minimum absolute atomic E-state index is 0. The van der Waals surface area contributed by atoms with E-state index in [4.69, 9.17) is 0 Å². The van der Waals surface area contributed by atoms with Gasteiger partial charge < -0.3 is 5.32 Å². The Morgan fingerprint density at radius 1 is 1.00 bits per heavy atom. The lowest BCUT2D eigenvalue weighted by atomic mass is 10.0. The third kappa shape index (κ3) is 3.90. The van der Waals surface area contributed by atoms with E-state index < -0.39 is 9.84 Å². The van der Waals surface area contributed by atoms with Crippen LogP contribution in [0.15, 0.2) is 41.3 Å². The molecule has 0 bridgehead atoms. The highest BCUT2D eigenvalue weighted by Crippen LogP contribution is 2.28. The molecule has 140 valence electrons. The summed E-state index contributed by atoms with van der Waals surface area (Å²) in [6.07, 6.45) is 4.27. The molecule has 26 heavy (non-hydrogen) atoms. The highest BCUT2D eigenvalue weighted by molar-refractivity contribution is 7.90. The molecule has 0 atom stereocenters. The number of fused-ring (bicyclic) bond motifs is 2. The van der Waals surface area contributed by atoms with Gasteiger partial charge >= 0.3 is 0 Å². The number of halogens is 1. The van der Waals surface area contributed by atoms with Gasteiger partial charge in [-0.1, -0.05) is 24.3 Å². The van der Waals surface area contributed by atoms with Crippen LogP contribution in [0.25, 0.3) is 0 Å². The number of rotatable bonds is 3. The normalized spacial score (nSPS) is 16.8. The minimum Gasteiger partial charge on any atom is -0.384 e. The van der Waals surface area contributed by atoms with Crippen molar-refractivity contribution in [3.63, 3.8) is 0 Å². The quantitative estimate of drug-likeness (QED) is 0.872. The van der Waals surface area contributed by atoms with Gasteiger partial charge in [-0.15, -0.1) is 12.4 Å². The van der Waals surface area contributed by atoms with E-state index in [1.165, 1.54) is 34.2 Å². The van der Waals surface area contributed by atoms with Gasteiger partial charge in [0.15, 0.2) is 9.84 Å². The molecule has 6 heteroatoms. The molecule has 0 unspecified atom stereocenters. The Kier molecular flexibility index (Phi) is 5.61. The second kappa shape index (κ2) is 7.59. The Morgan fingerprint density at radius 2 is 1.77 bits per heavy atom. The van der Waals surface area contributed by atoms with Gasteiger partial charge in [-0.25, -0.2) is 8.42 Å². The minimum atomic E-state index is -3.14. The van der Waals surface area contributed by atoms with Crippen LogP contribution in [0.2, 0.25) is 0 Å². The second-order valence-electron chi connectivity index (χ2n) is 7.11. The summed E-state index contributed by atoms with van der Waals surface area (Å²) in [4.78, 5) is 2.92. The number of hydrogen-bond acceptors (Lipinski definition) is 4. The third-order valence-electron chi connectivity index (χ3n) is 5.33. The van der Waals surface area contributed by atoms with Crippen molar-refractivity contribution in [1.82, 2.24) is 4.90 Å². The molecule has 0 saturated carbocycles. The van der Waals surface area contributed by atoms with Crippen LogP contribution in [-0.4, -0.2) is 39.2 Å². The zero-order valence-electron chi connectivity index (χ0n) is 15.0.